The smallest absolute Gasteiger partial charge is 0.314 e. The predicted octanol–water partition coefficient (Wildman–Crippen LogP) is 2.61. The first-order chi connectivity index (χ1) is 9.51. The quantitative estimate of drug-likeness (QED) is 0.791. The number of aliphatic imine (C=N–C) groups is 1. The maximum absolute atomic E-state index is 12.4. The van der Waals surface area contributed by atoms with Crippen LogP contribution in [-0.4, -0.2) is 30.3 Å². The zero-order chi connectivity index (χ0) is 14.6. The van der Waals surface area contributed by atoms with Crippen molar-refractivity contribution in [3.05, 3.63) is 48.2 Å². The standard InChI is InChI=1S/C16H20N2O2/c1-16(2,14-9-10-17-12-18(14)3)15(19)20-11-13-7-5-4-6-8-13/h4-10,12,14H,11H2,1-3H3. The Morgan fingerprint density at radius 2 is 2.05 bits per heavy atom. The van der Waals surface area contributed by atoms with E-state index < -0.39 is 5.41 Å². The average molecular weight is 272 g/mol. The number of rotatable bonds is 4. The number of hydrogen-bond acceptors (Lipinski definition) is 4. The molecule has 1 aliphatic rings. The number of carbonyl (C=O) groups excluding carboxylic acids is 1. The van der Waals surface area contributed by atoms with Crippen LogP contribution in [0.4, 0.5) is 0 Å². The van der Waals surface area contributed by atoms with Crippen LogP contribution in [0.15, 0.2) is 47.6 Å². The zero-order valence-electron chi connectivity index (χ0n) is 12.1. The summed E-state index contributed by atoms with van der Waals surface area (Å²) in [6, 6.07) is 9.64. The second-order valence-corrected chi connectivity index (χ2v) is 5.50. The highest BCUT2D eigenvalue weighted by Crippen LogP contribution is 2.28. The Hall–Kier alpha value is -2.10. The monoisotopic (exact) mass is 272 g/mol. The van der Waals surface area contributed by atoms with E-state index in [9.17, 15) is 4.79 Å². The second kappa shape index (κ2) is 5.90. The molecule has 0 N–H and O–H groups in total. The van der Waals surface area contributed by atoms with E-state index in [1.807, 2.05) is 62.2 Å². The van der Waals surface area contributed by atoms with Gasteiger partial charge in [0.2, 0.25) is 0 Å². The molecule has 4 heteroatoms. The summed E-state index contributed by atoms with van der Waals surface area (Å²) in [5.74, 6) is -0.210. The van der Waals surface area contributed by atoms with Crippen LogP contribution in [0.2, 0.25) is 0 Å². The van der Waals surface area contributed by atoms with Crippen molar-refractivity contribution in [3.63, 3.8) is 0 Å². The van der Waals surface area contributed by atoms with Crippen LogP contribution in [0.5, 0.6) is 0 Å². The van der Waals surface area contributed by atoms with Crippen LogP contribution >= 0.6 is 0 Å². The van der Waals surface area contributed by atoms with Gasteiger partial charge in [-0.15, -0.1) is 0 Å². The first-order valence-electron chi connectivity index (χ1n) is 6.65. The Labute approximate surface area is 119 Å². The van der Waals surface area contributed by atoms with Gasteiger partial charge < -0.3 is 9.64 Å². The van der Waals surface area contributed by atoms with Crippen molar-refractivity contribution in [1.29, 1.82) is 0 Å². The Morgan fingerprint density at radius 3 is 2.70 bits per heavy atom. The van der Waals surface area contributed by atoms with Gasteiger partial charge in [0.1, 0.15) is 6.61 Å². The molecule has 0 radical (unpaired) electrons. The second-order valence-electron chi connectivity index (χ2n) is 5.50. The maximum Gasteiger partial charge on any atom is 0.314 e. The van der Waals surface area contributed by atoms with E-state index in [0.717, 1.165) is 5.56 Å². The molecule has 1 heterocycles. The van der Waals surface area contributed by atoms with Crippen LogP contribution in [-0.2, 0) is 16.1 Å². The van der Waals surface area contributed by atoms with Gasteiger partial charge in [-0.1, -0.05) is 30.3 Å². The van der Waals surface area contributed by atoms with Gasteiger partial charge in [0.05, 0.1) is 17.8 Å². The number of likely N-dealkylation sites (N-methyl/N-ethyl adjacent to an activating group) is 1. The molecule has 4 nitrogen and oxygen atoms in total. The lowest BCUT2D eigenvalue weighted by molar-refractivity contribution is -0.157. The third kappa shape index (κ3) is 3.07. The minimum atomic E-state index is -0.632. The molecular formula is C16H20N2O2. The van der Waals surface area contributed by atoms with Gasteiger partial charge in [-0.05, 0) is 25.5 Å². The minimum absolute atomic E-state index is 0.0525. The normalized spacial score (nSPS) is 18.1. The van der Waals surface area contributed by atoms with Crippen LogP contribution < -0.4 is 0 Å². The number of ether oxygens (including phenoxy) is 1. The molecule has 106 valence electrons. The fourth-order valence-corrected chi connectivity index (χ4v) is 2.26. The lowest BCUT2D eigenvalue weighted by atomic mass is 9.83. The van der Waals surface area contributed by atoms with E-state index in [1.54, 1.807) is 12.5 Å². The Kier molecular flexibility index (Phi) is 4.23. The molecule has 1 unspecified atom stereocenters. The van der Waals surface area contributed by atoms with E-state index >= 15 is 0 Å². The molecule has 0 aromatic heterocycles. The molecule has 0 aliphatic carbocycles. The summed E-state index contributed by atoms with van der Waals surface area (Å²) in [7, 11) is 1.91. The van der Waals surface area contributed by atoms with Crippen molar-refractivity contribution in [3.8, 4) is 0 Å². The molecule has 20 heavy (non-hydrogen) atoms. The molecule has 0 saturated carbocycles. The maximum atomic E-state index is 12.4. The molecule has 2 rings (SSSR count). The first-order valence-corrected chi connectivity index (χ1v) is 6.65. The number of hydrogen-bond donors (Lipinski definition) is 0. The molecule has 0 fully saturated rings. The fraction of sp³-hybridized carbons (Fsp3) is 0.375. The van der Waals surface area contributed by atoms with Crippen LogP contribution in [0.1, 0.15) is 19.4 Å². The summed E-state index contributed by atoms with van der Waals surface area (Å²) in [6.07, 6.45) is 5.36. The molecule has 0 saturated heterocycles. The molecule has 0 spiro atoms. The van der Waals surface area contributed by atoms with Crippen molar-refractivity contribution in [1.82, 2.24) is 4.90 Å². The SMILES string of the molecule is CN1C=NC=CC1C(C)(C)C(=O)OCc1ccccc1. The predicted molar refractivity (Wildman–Crippen MR) is 79.2 cm³/mol. The van der Waals surface area contributed by atoms with Crippen LogP contribution in [0.3, 0.4) is 0 Å². The van der Waals surface area contributed by atoms with Gasteiger partial charge in [0.25, 0.3) is 0 Å². The van der Waals surface area contributed by atoms with Crippen molar-refractivity contribution in [2.75, 3.05) is 7.05 Å². The van der Waals surface area contributed by atoms with Crippen LogP contribution in [0, 0.1) is 5.41 Å². The molecule has 1 aromatic carbocycles. The minimum Gasteiger partial charge on any atom is -0.460 e. The Bertz CT molecular complexity index is 521. The molecule has 0 bridgehead atoms. The van der Waals surface area contributed by atoms with E-state index in [-0.39, 0.29) is 12.0 Å². The fourth-order valence-electron chi connectivity index (χ4n) is 2.26. The van der Waals surface area contributed by atoms with Crippen molar-refractivity contribution in [2.24, 2.45) is 10.4 Å². The highest BCUT2D eigenvalue weighted by molar-refractivity contribution is 5.78. The summed E-state index contributed by atoms with van der Waals surface area (Å²) in [6.45, 7) is 4.09. The number of esters is 1. The van der Waals surface area contributed by atoms with E-state index in [4.69, 9.17) is 4.74 Å². The number of benzene rings is 1. The van der Waals surface area contributed by atoms with E-state index in [2.05, 4.69) is 4.99 Å². The Balaban J connectivity index is 2.00. The average Bonchev–Trinajstić information content (AvgIpc) is 2.46. The largest absolute Gasteiger partial charge is 0.460 e. The highest BCUT2D eigenvalue weighted by Gasteiger charge is 2.39. The Morgan fingerprint density at radius 1 is 1.35 bits per heavy atom. The third-order valence-electron chi connectivity index (χ3n) is 3.52. The zero-order valence-corrected chi connectivity index (χ0v) is 12.1. The number of carbonyl (C=O) groups is 1. The lowest BCUT2D eigenvalue weighted by Gasteiger charge is -2.36. The first kappa shape index (κ1) is 14.3. The van der Waals surface area contributed by atoms with Gasteiger partial charge in [-0.2, -0.15) is 0 Å². The molecule has 1 atom stereocenters. The number of nitrogens with zero attached hydrogens (tertiary/aromatic N) is 2. The van der Waals surface area contributed by atoms with Gasteiger partial charge >= 0.3 is 5.97 Å². The third-order valence-corrected chi connectivity index (χ3v) is 3.52. The van der Waals surface area contributed by atoms with E-state index in [0.29, 0.717) is 6.61 Å². The molecular weight excluding hydrogens is 252 g/mol. The molecule has 0 amide bonds. The van der Waals surface area contributed by atoms with Crippen molar-refractivity contribution < 1.29 is 9.53 Å². The van der Waals surface area contributed by atoms with Gasteiger partial charge in [0.15, 0.2) is 0 Å². The topological polar surface area (TPSA) is 41.9 Å². The summed E-state index contributed by atoms with van der Waals surface area (Å²) in [5.41, 5.74) is 0.359. The summed E-state index contributed by atoms with van der Waals surface area (Å²) in [5, 5.41) is 0. The summed E-state index contributed by atoms with van der Waals surface area (Å²) < 4.78 is 5.45. The summed E-state index contributed by atoms with van der Waals surface area (Å²) in [4.78, 5) is 18.3. The van der Waals surface area contributed by atoms with Crippen molar-refractivity contribution in [2.45, 2.75) is 26.5 Å². The lowest BCUT2D eigenvalue weighted by Crippen LogP contribution is -2.47. The highest BCUT2D eigenvalue weighted by atomic mass is 16.5. The van der Waals surface area contributed by atoms with Gasteiger partial charge in [-0.3, -0.25) is 4.79 Å². The van der Waals surface area contributed by atoms with E-state index in [1.165, 1.54) is 0 Å². The van der Waals surface area contributed by atoms with Crippen LogP contribution in [0.25, 0.3) is 0 Å². The molecule has 1 aromatic rings. The van der Waals surface area contributed by atoms with Gasteiger partial charge in [0, 0.05) is 13.2 Å². The van der Waals surface area contributed by atoms with Gasteiger partial charge in [-0.25, -0.2) is 4.99 Å². The summed E-state index contributed by atoms with van der Waals surface area (Å²) >= 11 is 0. The molecule has 1 aliphatic heterocycles. The van der Waals surface area contributed by atoms with Crippen molar-refractivity contribution >= 4 is 12.3 Å².